The summed E-state index contributed by atoms with van der Waals surface area (Å²) >= 11 is 5.85. The molecule has 0 aliphatic carbocycles. The van der Waals surface area contributed by atoms with E-state index in [4.69, 9.17) is 11.6 Å². The Balaban J connectivity index is 2.86. The van der Waals surface area contributed by atoms with Gasteiger partial charge >= 0.3 is 0 Å². The zero-order chi connectivity index (χ0) is 12.8. The van der Waals surface area contributed by atoms with Crippen molar-refractivity contribution in [2.75, 3.05) is 0 Å². The smallest absolute Gasteiger partial charge is 0.244 e. The first-order chi connectivity index (χ1) is 8.04. The molecule has 1 rings (SSSR count). The van der Waals surface area contributed by atoms with Crippen LogP contribution in [-0.4, -0.2) is 5.91 Å². The van der Waals surface area contributed by atoms with E-state index in [0.717, 1.165) is 5.56 Å². The molecule has 1 amide bonds. The maximum absolute atomic E-state index is 11.6. The lowest BCUT2D eigenvalue weighted by Gasteiger charge is -2.22. The molecule has 3 heteroatoms. The summed E-state index contributed by atoms with van der Waals surface area (Å²) in [6, 6.07) is 7.59. The van der Waals surface area contributed by atoms with Gasteiger partial charge in [-0.25, -0.2) is 0 Å². The zero-order valence-electron chi connectivity index (χ0n) is 10.4. The summed E-state index contributed by atoms with van der Waals surface area (Å²) < 4.78 is 0. The Labute approximate surface area is 108 Å². The maximum atomic E-state index is 11.6. The number of nitrogens with one attached hydrogen (secondary N) is 1. The van der Waals surface area contributed by atoms with Crippen molar-refractivity contribution in [3.8, 4) is 0 Å². The van der Waals surface area contributed by atoms with Crippen LogP contribution in [0, 0.1) is 5.92 Å². The monoisotopic (exact) mass is 251 g/mol. The molecule has 0 bridgehead atoms. The van der Waals surface area contributed by atoms with Crippen molar-refractivity contribution < 1.29 is 4.79 Å². The highest BCUT2D eigenvalue weighted by Gasteiger charge is 2.16. The van der Waals surface area contributed by atoms with Crippen LogP contribution in [0.25, 0.3) is 0 Å². The molecule has 2 nitrogen and oxygen atoms in total. The van der Waals surface area contributed by atoms with Crippen molar-refractivity contribution >= 4 is 17.5 Å². The average molecular weight is 252 g/mol. The van der Waals surface area contributed by atoms with Crippen LogP contribution < -0.4 is 5.32 Å². The van der Waals surface area contributed by atoms with Gasteiger partial charge in [0.2, 0.25) is 5.91 Å². The van der Waals surface area contributed by atoms with Gasteiger partial charge in [0, 0.05) is 5.02 Å². The molecule has 0 aliphatic heterocycles. The minimum atomic E-state index is -0.0684. The van der Waals surface area contributed by atoms with E-state index in [1.807, 2.05) is 31.2 Å². The first-order valence-corrected chi connectivity index (χ1v) is 6.11. The minimum absolute atomic E-state index is 0.0102. The largest absolute Gasteiger partial charge is 0.346 e. The van der Waals surface area contributed by atoms with E-state index in [1.165, 1.54) is 6.08 Å². The number of allylic oxidation sites excluding steroid dienone is 1. The summed E-state index contributed by atoms with van der Waals surface area (Å²) in [5, 5.41) is 3.69. The first kappa shape index (κ1) is 13.8. The van der Waals surface area contributed by atoms with Crippen molar-refractivity contribution in [2.45, 2.75) is 26.8 Å². The predicted octanol–water partition coefficient (Wildman–Crippen LogP) is 3.73. The van der Waals surface area contributed by atoms with Crippen molar-refractivity contribution in [3.63, 3.8) is 0 Å². The first-order valence-electron chi connectivity index (χ1n) is 5.73. The molecule has 1 unspecified atom stereocenters. The van der Waals surface area contributed by atoms with Gasteiger partial charge in [-0.05, 0) is 36.6 Å². The van der Waals surface area contributed by atoms with Crippen molar-refractivity contribution in [2.24, 2.45) is 5.92 Å². The molecule has 0 radical (unpaired) electrons. The summed E-state index contributed by atoms with van der Waals surface area (Å²) in [6.45, 7) is 5.98. The van der Waals surface area contributed by atoms with E-state index < -0.39 is 0 Å². The second-order valence-electron chi connectivity index (χ2n) is 4.28. The zero-order valence-corrected chi connectivity index (χ0v) is 11.2. The molecule has 0 saturated heterocycles. The molecule has 0 fully saturated rings. The second-order valence-corrected chi connectivity index (χ2v) is 4.72. The fourth-order valence-corrected chi connectivity index (χ4v) is 1.78. The van der Waals surface area contributed by atoms with Gasteiger partial charge in [-0.2, -0.15) is 0 Å². The lowest BCUT2D eigenvalue weighted by Crippen LogP contribution is -2.30. The van der Waals surface area contributed by atoms with Crippen LogP contribution in [0.4, 0.5) is 0 Å². The van der Waals surface area contributed by atoms with Crippen LogP contribution in [0.1, 0.15) is 32.4 Å². The maximum Gasteiger partial charge on any atom is 0.244 e. The highest BCUT2D eigenvalue weighted by atomic mass is 35.5. The molecule has 0 saturated carbocycles. The van der Waals surface area contributed by atoms with Gasteiger partial charge in [-0.3, -0.25) is 4.79 Å². The van der Waals surface area contributed by atoms with Gasteiger partial charge in [0.15, 0.2) is 0 Å². The molecule has 1 aromatic carbocycles. The van der Waals surface area contributed by atoms with Crippen molar-refractivity contribution in [3.05, 3.63) is 47.0 Å². The Kier molecular flexibility index (Phi) is 5.23. The highest BCUT2D eigenvalue weighted by Crippen LogP contribution is 2.23. The van der Waals surface area contributed by atoms with Gasteiger partial charge in [0.1, 0.15) is 0 Å². The number of rotatable bonds is 4. The van der Waals surface area contributed by atoms with E-state index in [9.17, 15) is 4.79 Å². The lowest BCUT2D eigenvalue weighted by molar-refractivity contribution is -0.117. The number of amides is 1. The third kappa shape index (κ3) is 4.23. The molecule has 17 heavy (non-hydrogen) atoms. The highest BCUT2D eigenvalue weighted by molar-refractivity contribution is 6.30. The Bertz CT molecular complexity index is 395. The van der Waals surface area contributed by atoms with Crippen LogP contribution in [0.2, 0.25) is 5.02 Å². The van der Waals surface area contributed by atoms with Crippen molar-refractivity contribution in [1.29, 1.82) is 0 Å². The third-order valence-electron chi connectivity index (χ3n) is 2.51. The third-order valence-corrected chi connectivity index (χ3v) is 2.76. The van der Waals surface area contributed by atoms with E-state index in [1.54, 1.807) is 6.08 Å². The fraction of sp³-hybridized carbons (Fsp3) is 0.357. The number of hydrogen-bond donors (Lipinski definition) is 1. The number of benzene rings is 1. The van der Waals surface area contributed by atoms with Crippen molar-refractivity contribution in [1.82, 2.24) is 5.32 Å². The number of carbonyl (C=O) groups excluding carboxylic acids is 1. The predicted molar refractivity (Wildman–Crippen MR) is 72.0 cm³/mol. The van der Waals surface area contributed by atoms with Gasteiger partial charge in [-0.15, -0.1) is 0 Å². The summed E-state index contributed by atoms with van der Waals surface area (Å²) in [7, 11) is 0. The van der Waals surface area contributed by atoms with Crippen LogP contribution in [0.3, 0.4) is 0 Å². The Hall–Kier alpha value is -1.28. The molecule has 0 aromatic heterocycles. The SMILES string of the molecule is CC=CC(=O)NC(c1ccc(Cl)cc1)C(C)C. The van der Waals surface area contributed by atoms with Crippen LogP contribution in [0.15, 0.2) is 36.4 Å². The molecule has 0 aliphatic rings. The standard InChI is InChI=1S/C14H18ClNO/c1-4-5-13(17)16-14(10(2)3)11-6-8-12(15)9-7-11/h4-10,14H,1-3H3,(H,16,17). The summed E-state index contributed by atoms with van der Waals surface area (Å²) in [4.78, 5) is 11.6. The normalized spacial score (nSPS) is 13.0. The van der Waals surface area contributed by atoms with E-state index >= 15 is 0 Å². The number of hydrogen-bond acceptors (Lipinski definition) is 1. The molecule has 1 atom stereocenters. The van der Waals surface area contributed by atoms with E-state index in [-0.39, 0.29) is 11.9 Å². The van der Waals surface area contributed by atoms with E-state index in [0.29, 0.717) is 10.9 Å². The fourth-order valence-electron chi connectivity index (χ4n) is 1.66. The Morgan fingerprint density at radius 3 is 2.35 bits per heavy atom. The van der Waals surface area contributed by atoms with Crippen LogP contribution >= 0.6 is 11.6 Å². The molecular formula is C14H18ClNO. The molecule has 92 valence electrons. The van der Waals surface area contributed by atoms with Gasteiger partial charge < -0.3 is 5.32 Å². The minimum Gasteiger partial charge on any atom is -0.346 e. The summed E-state index contributed by atoms with van der Waals surface area (Å²) in [5.74, 6) is 0.256. The van der Waals surface area contributed by atoms with Gasteiger partial charge in [0.25, 0.3) is 0 Å². The second kappa shape index (κ2) is 6.45. The molecular weight excluding hydrogens is 234 g/mol. The quantitative estimate of drug-likeness (QED) is 0.812. The summed E-state index contributed by atoms with van der Waals surface area (Å²) in [5.41, 5.74) is 1.07. The topological polar surface area (TPSA) is 29.1 Å². The van der Waals surface area contributed by atoms with Gasteiger partial charge in [0.05, 0.1) is 6.04 Å². The Morgan fingerprint density at radius 1 is 1.29 bits per heavy atom. The molecule has 0 heterocycles. The number of halogens is 1. The molecule has 0 spiro atoms. The molecule has 1 aromatic rings. The number of carbonyl (C=O) groups is 1. The average Bonchev–Trinajstić information content (AvgIpc) is 2.27. The van der Waals surface area contributed by atoms with E-state index in [2.05, 4.69) is 19.2 Å². The van der Waals surface area contributed by atoms with Crippen LogP contribution in [0.5, 0.6) is 0 Å². The Morgan fingerprint density at radius 2 is 1.88 bits per heavy atom. The lowest BCUT2D eigenvalue weighted by atomic mass is 9.96. The molecule has 1 N–H and O–H groups in total. The van der Waals surface area contributed by atoms with Crippen LogP contribution in [-0.2, 0) is 4.79 Å². The summed E-state index contributed by atoms with van der Waals surface area (Å²) in [6.07, 6.45) is 3.26. The van der Waals surface area contributed by atoms with Gasteiger partial charge in [-0.1, -0.05) is 43.7 Å².